The van der Waals surface area contributed by atoms with Crippen molar-refractivity contribution < 1.29 is 18.8 Å². The number of carbonyl (C=O) groups excluding carboxylic acids is 3. The first kappa shape index (κ1) is 33.8. The molecule has 0 heterocycles. The van der Waals surface area contributed by atoms with Crippen LogP contribution in [0.5, 0.6) is 0 Å². The molecule has 0 aromatic heterocycles. The fourth-order valence-corrected chi connectivity index (χ4v) is 5.98. The normalized spacial score (nSPS) is 11.8. The van der Waals surface area contributed by atoms with Gasteiger partial charge in [-0.2, -0.15) is 0 Å². The van der Waals surface area contributed by atoms with E-state index in [0.717, 1.165) is 10.5 Å². The van der Waals surface area contributed by atoms with Gasteiger partial charge < -0.3 is 16.0 Å². The second kappa shape index (κ2) is 15.8. The van der Waals surface area contributed by atoms with Crippen LogP contribution in [0, 0.1) is 5.82 Å². The molecule has 5 aromatic carbocycles. The lowest BCUT2D eigenvalue weighted by Crippen LogP contribution is -2.30. The van der Waals surface area contributed by atoms with Gasteiger partial charge in [0.25, 0.3) is 11.8 Å². The van der Waals surface area contributed by atoms with E-state index in [1.165, 1.54) is 36.0 Å². The van der Waals surface area contributed by atoms with Crippen LogP contribution in [-0.2, 0) is 9.59 Å². The smallest absolute Gasteiger partial charge is 0.272 e. The number of halogens is 4. The molecule has 0 aliphatic rings. The Morgan fingerprint density at radius 3 is 2.02 bits per heavy atom. The zero-order valence-corrected chi connectivity index (χ0v) is 27.4. The van der Waals surface area contributed by atoms with Crippen molar-refractivity contribution in [1.29, 1.82) is 0 Å². The van der Waals surface area contributed by atoms with E-state index in [9.17, 15) is 18.8 Å². The summed E-state index contributed by atoms with van der Waals surface area (Å²) in [6.07, 6.45) is 1.19. The number of anilines is 2. The molecule has 1 unspecified atom stereocenters. The number of hydrogen-bond acceptors (Lipinski definition) is 4. The molecule has 6 nitrogen and oxygen atoms in total. The first-order chi connectivity index (χ1) is 22.7. The predicted molar refractivity (Wildman–Crippen MR) is 188 cm³/mol. The Hall–Kier alpha value is -4.60. The Balaban J connectivity index is 1.35. The van der Waals surface area contributed by atoms with Crippen molar-refractivity contribution in [2.45, 2.75) is 10.1 Å². The Bertz CT molecular complexity index is 1920. The second-order valence-electron chi connectivity index (χ2n) is 9.99. The summed E-state index contributed by atoms with van der Waals surface area (Å²) < 4.78 is 14.6. The van der Waals surface area contributed by atoms with Crippen molar-refractivity contribution in [3.8, 4) is 0 Å². The van der Waals surface area contributed by atoms with Gasteiger partial charge in [0, 0.05) is 21.7 Å². The third-order valence-corrected chi connectivity index (χ3v) is 9.15. The van der Waals surface area contributed by atoms with E-state index in [1.807, 2.05) is 30.3 Å². The molecule has 0 bridgehead atoms. The molecule has 5 aromatic rings. The van der Waals surface area contributed by atoms with Gasteiger partial charge in [-0.1, -0.05) is 95.5 Å². The number of rotatable bonds is 10. The highest BCUT2D eigenvalue weighted by atomic mass is 35.5. The molecular weight excluding hydrogens is 680 g/mol. The van der Waals surface area contributed by atoms with Crippen LogP contribution >= 0.6 is 46.6 Å². The van der Waals surface area contributed by atoms with Gasteiger partial charge in [0.1, 0.15) is 16.8 Å². The summed E-state index contributed by atoms with van der Waals surface area (Å²) in [5.74, 6) is -2.23. The lowest BCUT2D eigenvalue weighted by Gasteiger charge is -2.18. The standard InChI is InChI=1S/C36H25Cl3FN3O3S/c37-27-13-7-15-29(40)26(27)21-31(43-34(44)23-11-5-2-6-12-23)35(45)41-24-17-19-25(20-18-24)47-33(22-9-3-1-4-10-22)36(46)42-30-16-8-14-28(38)32(30)39/h1-21,33H,(H,41,45)(H,42,46)(H,43,44)/b31-21-. The minimum Gasteiger partial charge on any atom is -0.323 e. The van der Waals surface area contributed by atoms with Gasteiger partial charge >= 0.3 is 0 Å². The largest absolute Gasteiger partial charge is 0.323 e. The van der Waals surface area contributed by atoms with E-state index in [-0.39, 0.29) is 27.2 Å². The summed E-state index contributed by atoms with van der Waals surface area (Å²) >= 11 is 19.9. The Morgan fingerprint density at radius 1 is 0.702 bits per heavy atom. The van der Waals surface area contributed by atoms with Crippen LogP contribution in [0.4, 0.5) is 15.8 Å². The number of thioether (sulfide) groups is 1. The summed E-state index contributed by atoms with van der Waals surface area (Å²) in [5.41, 5.74) is 1.59. The van der Waals surface area contributed by atoms with Crippen molar-refractivity contribution in [1.82, 2.24) is 5.32 Å². The lowest BCUT2D eigenvalue weighted by molar-refractivity contribution is -0.116. The van der Waals surface area contributed by atoms with Gasteiger partial charge in [-0.15, -0.1) is 11.8 Å². The van der Waals surface area contributed by atoms with Gasteiger partial charge in [-0.25, -0.2) is 4.39 Å². The molecule has 236 valence electrons. The van der Waals surface area contributed by atoms with Gasteiger partial charge in [-0.05, 0) is 72.3 Å². The Labute approximate surface area is 289 Å². The molecule has 47 heavy (non-hydrogen) atoms. The minimum absolute atomic E-state index is 0.0521. The first-order valence-electron chi connectivity index (χ1n) is 14.1. The number of nitrogens with one attached hydrogen (secondary N) is 3. The van der Waals surface area contributed by atoms with Crippen molar-refractivity contribution in [2.24, 2.45) is 0 Å². The summed E-state index contributed by atoms with van der Waals surface area (Å²) in [6.45, 7) is 0. The molecule has 0 saturated heterocycles. The Morgan fingerprint density at radius 2 is 1.34 bits per heavy atom. The molecule has 5 rings (SSSR count). The Kier molecular flexibility index (Phi) is 11.3. The second-order valence-corrected chi connectivity index (χ2v) is 12.4. The van der Waals surface area contributed by atoms with Crippen LogP contribution in [0.3, 0.4) is 0 Å². The van der Waals surface area contributed by atoms with Crippen LogP contribution in [-0.4, -0.2) is 17.7 Å². The van der Waals surface area contributed by atoms with Crippen LogP contribution in [0.1, 0.15) is 26.7 Å². The van der Waals surface area contributed by atoms with Crippen LogP contribution < -0.4 is 16.0 Å². The summed E-state index contributed by atoms with van der Waals surface area (Å²) in [5, 5.41) is 8.15. The maximum Gasteiger partial charge on any atom is 0.272 e. The summed E-state index contributed by atoms with van der Waals surface area (Å²) in [4.78, 5) is 40.6. The summed E-state index contributed by atoms with van der Waals surface area (Å²) in [6, 6.07) is 33.5. The van der Waals surface area contributed by atoms with Crippen molar-refractivity contribution in [2.75, 3.05) is 10.6 Å². The molecule has 0 aliphatic carbocycles. The van der Waals surface area contributed by atoms with Crippen molar-refractivity contribution in [3.05, 3.63) is 165 Å². The third kappa shape index (κ3) is 8.81. The van der Waals surface area contributed by atoms with Crippen LogP contribution in [0.2, 0.25) is 15.1 Å². The topological polar surface area (TPSA) is 87.3 Å². The van der Waals surface area contributed by atoms with Gasteiger partial charge in [0.2, 0.25) is 5.91 Å². The third-order valence-electron chi connectivity index (χ3n) is 6.73. The van der Waals surface area contributed by atoms with Gasteiger partial charge in [0.05, 0.1) is 20.8 Å². The van der Waals surface area contributed by atoms with Crippen LogP contribution in [0.15, 0.2) is 132 Å². The maximum atomic E-state index is 14.6. The molecule has 3 amide bonds. The summed E-state index contributed by atoms with van der Waals surface area (Å²) in [7, 11) is 0. The van der Waals surface area contributed by atoms with Crippen molar-refractivity contribution in [3.63, 3.8) is 0 Å². The fraction of sp³-hybridized carbons (Fsp3) is 0.0278. The number of benzene rings is 5. The minimum atomic E-state index is -0.700. The zero-order valence-electron chi connectivity index (χ0n) is 24.3. The maximum absolute atomic E-state index is 14.6. The molecule has 0 fully saturated rings. The van der Waals surface area contributed by atoms with Gasteiger partial charge in [0.15, 0.2) is 0 Å². The van der Waals surface area contributed by atoms with E-state index < -0.39 is 22.9 Å². The SMILES string of the molecule is O=C(Nc1ccc(SC(C(=O)Nc2cccc(Cl)c2Cl)c2ccccc2)cc1)/C(=C/c1c(F)cccc1Cl)NC(=O)c1ccccc1. The fourth-order valence-electron chi connectivity index (χ4n) is 4.39. The zero-order chi connectivity index (χ0) is 33.3. The number of amides is 3. The highest BCUT2D eigenvalue weighted by Gasteiger charge is 2.24. The van der Waals surface area contributed by atoms with E-state index in [0.29, 0.717) is 22.0 Å². The predicted octanol–water partition coefficient (Wildman–Crippen LogP) is 9.67. The van der Waals surface area contributed by atoms with Gasteiger partial charge in [-0.3, -0.25) is 14.4 Å². The quantitative estimate of drug-likeness (QED) is 0.0998. The van der Waals surface area contributed by atoms with E-state index in [1.54, 1.807) is 72.8 Å². The number of hydrogen-bond donors (Lipinski definition) is 3. The van der Waals surface area contributed by atoms with E-state index in [2.05, 4.69) is 16.0 Å². The highest BCUT2D eigenvalue weighted by Crippen LogP contribution is 2.38. The molecule has 0 radical (unpaired) electrons. The average molecular weight is 705 g/mol. The molecule has 0 aliphatic heterocycles. The molecule has 3 N–H and O–H groups in total. The van der Waals surface area contributed by atoms with E-state index >= 15 is 0 Å². The molecule has 0 spiro atoms. The number of carbonyl (C=O) groups is 3. The molecular formula is C36H25Cl3FN3O3S. The highest BCUT2D eigenvalue weighted by molar-refractivity contribution is 8.00. The van der Waals surface area contributed by atoms with Crippen LogP contribution in [0.25, 0.3) is 6.08 Å². The molecule has 0 saturated carbocycles. The molecule has 11 heteroatoms. The van der Waals surface area contributed by atoms with E-state index in [4.69, 9.17) is 34.8 Å². The monoisotopic (exact) mass is 703 g/mol. The van der Waals surface area contributed by atoms with Crippen molar-refractivity contribution >= 4 is 81.7 Å². The first-order valence-corrected chi connectivity index (χ1v) is 16.1. The average Bonchev–Trinajstić information content (AvgIpc) is 3.08. The molecule has 1 atom stereocenters. The lowest BCUT2D eigenvalue weighted by atomic mass is 10.1.